The zero-order valence-corrected chi connectivity index (χ0v) is 15.3. The van der Waals surface area contributed by atoms with Crippen LogP contribution in [0.1, 0.15) is 44.7 Å². The van der Waals surface area contributed by atoms with Gasteiger partial charge in [-0.05, 0) is 25.8 Å². The number of benzene rings is 1. The summed E-state index contributed by atoms with van der Waals surface area (Å²) in [5, 5.41) is 8.71. The van der Waals surface area contributed by atoms with E-state index in [0.717, 1.165) is 36.0 Å². The minimum absolute atomic E-state index is 0.0334. The van der Waals surface area contributed by atoms with Crippen molar-refractivity contribution in [2.24, 2.45) is 5.92 Å². The molecule has 1 aromatic carbocycles. The van der Waals surface area contributed by atoms with Crippen molar-refractivity contribution in [3.8, 4) is 0 Å². The molecule has 2 fully saturated rings. The Labute approximate surface area is 153 Å². The number of carbonyl (C=O) groups excluding carboxylic acids is 2. The number of rotatable bonds is 5. The van der Waals surface area contributed by atoms with Crippen LogP contribution in [0.25, 0.3) is 10.9 Å². The van der Waals surface area contributed by atoms with Gasteiger partial charge in [-0.3, -0.25) is 14.3 Å². The molecule has 0 spiro atoms. The fraction of sp³-hybridized carbons (Fsp3) is 0.550. The van der Waals surface area contributed by atoms with Crippen molar-refractivity contribution in [2.45, 2.75) is 58.2 Å². The minimum Gasteiger partial charge on any atom is -0.350 e. The molecule has 1 aliphatic carbocycles. The lowest BCUT2D eigenvalue weighted by atomic mass is 10.1. The molecule has 2 aliphatic rings. The van der Waals surface area contributed by atoms with E-state index >= 15 is 0 Å². The summed E-state index contributed by atoms with van der Waals surface area (Å²) in [7, 11) is 0. The van der Waals surface area contributed by atoms with Gasteiger partial charge in [0.05, 0.1) is 23.7 Å². The van der Waals surface area contributed by atoms with Crippen LogP contribution in [-0.2, 0) is 22.7 Å². The normalized spacial score (nSPS) is 21.0. The predicted molar refractivity (Wildman–Crippen MR) is 99.3 cm³/mol. The lowest BCUT2D eigenvalue weighted by Crippen LogP contribution is -2.36. The predicted octanol–water partition coefficient (Wildman–Crippen LogP) is 2.46. The first-order valence-corrected chi connectivity index (χ1v) is 9.69. The summed E-state index contributed by atoms with van der Waals surface area (Å²) >= 11 is 0. The number of nitrogens with zero attached hydrogens (tertiary/aromatic N) is 3. The van der Waals surface area contributed by atoms with Crippen molar-refractivity contribution in [1.82, 2.24) is 20.0 Å². The minimum atomic E-state index is -0.234. The van der Waals surface area contributed by atoms with E-state index in [0.29, 0.717) is 25.6 Å². The molecule has 1 aromatic heterocycles. The Hall–Kier alpha value is -2.37. The van der Waals surface area contributed by atoms with Crippen molar-refractivity contribution in [3.05, 3.63) is 30.0 Å². The first kappa shape index (κ1) is 17.1. The Kier molecular flexibility index (Phi) is 4.66. The number of amides is 2. The number of aromatic nitrogens is 2. The van der Waals surface area contributed by atoms with Gasteiger partial charge in [-0.2, -0.15) is 5.10 Å². The molecule has 1 saturated heterocycles. The Balaban J connectivity index is 1.41. The van der Waals surface area contributed by atoms with Crippen molar-refractivity contribution in [2.75, 3.05) is 6.54 Å². The highest BCUT2D eigenvalue weighted by Gasteiger charge is 2.38. The molecular weight excluding hydrogens is 328 g/mol. The molecule has 4 rings (SSSR count). The Bertz CT molecular complexity index is 822. The van der Waals surface area contributed by atoms with Gasteiger partial charge in [0.2, 0.25) is 11.8 Å². The number of aryl methyl sites for hydroxylation is 1. The van der Waals surface area contributed by atoms with E-state index < -0.39 is 0 Å². The van der Waals surface area contributed by atoms with E-state index in [1.165, 1.54) is 12.8 Å². The van der Waals surface area contributed by atoms with Crippen LogP contribution in [0.2, 0.25) is 0 Å². The van der Waals surface area contributed by atoms with E-state index in [1.807, 2.05) is 33.8 Å². The van der Waals surface area contributed by atoms with E-state index in [-0.39, 0.29) is 17.7 Å². The summed E-state index contributed by atoms with van der Waals surface area (Å²) in [5.41, 5.74) is 1.97. The highest BCUT2D eigenvalue weighted by Crippen LogP contribution is 2.29. The van der Waals surface area contributed by atoms with Crippen molar-refractivity contribution in [1.29, 1.82) is 0 Å². The third kappa shape index (κ3) is 3.08. The lowest BCUT2D eigenvalue weighted by molar-refractivity contribution is -0.130. The second kappa shape index (κ2) is 7.09. The van der Waals surface area contributed by atoms with Gasteiger partial charge in [-0.15, -0.1) is 0 Å². The van der Waals surface area contributed by atoms with E-state index in [4.69, 9.17) is 0 Å². The smallest absolute Gasteiger partial charge is 0.225 e. The number of carbonyl (C=O) groups is 2. The number of hydrogen-bond acceptors (Lipinski definition) is 3. The van der Waals surface area contributed by atoms with Crippen LogP contribution in [0, 0.1) is 5.92 Å². The highest BCUT2D eigenvalue weighted by atomic mass is 16.2. The fourth-order valence-corrected chi connectivity index (χ4v) is 4.36. The third-order valence-electron chi connectivity index (χ3n) is 5.76. The summed E-state index contributed by atoms with van der Waals surface area (Å²) in [5.74, 6) is -0.130. The molecule has 2 heterocycles. The molecule has 1 aliphatic heterocycles. The molecule has 26 heavy (non-hydrogen) atoms. The maximum Gasteiger partial charge on any atom is 0.225 e. The van der Waals surface area contributed by atoms with E-state index in [9.17, 15) is 9.59 Å². The first-order valence-electron chi connectivity index (χ1n) is 9.69. The summed E-state index contributed by atoms with van der Waals surface area (Å²) in [6.45, 7) is 3.82. The number of hydrogen-bond donors (Lipinski definition) is 1. The van der Waals surface area contributed by atoms with Gasteiger partial charge in [0, 0.05) is 30.9 Å². The quantitative estimate of drug-likeness (QED) is 0.897. The molecule has 1 atom stereocenters. The Morgan fingerprint density at radius 3 is 2.81 bits per heavy atom. The van der Waals surface area contributed by atoms with E-state index in [1.54, 1.807) is 0 Å². The molecule has 6 nitrogen and oxygen atoms in total. The number of fused-ring (bicyclic) bond motifs is 1. The van der Waals surface area contributed by atoms with Crippen LogP contribution >= 0.6 is 0 Å². The molecule has 138 valence electrons. The third-order valence-corrected chi connectivity index (χ3v) is 5.76. The van der Waals surface area contributed by atoms with Crippen LogP contribution in [-0.4, -0.2) is 39.1 Å². The van der Waals surface area contributed by atoms with Gasteiger partial charge in [0.1, 0.15) is 0 Å². The Morgan fingerprint density at radius 1 is 1.27 bits per heavy atom. The molecular formula is C20H26N4O2. The summed E-state index contributed by atoms with van der Waals surface area (Å²) in [6, 6.07) is 8.43. The zero-order valence-electron chi connectivity index (χ0n) is 15.3. The first-order chi connectivity index (χ1) is 12.7. The van der Waals surface area contributed by atoms with Gasteiger partial charge < -0.3 is 10.2 Å². The van der Waals surface area contributed by atoms with E-state index in [2.05, 4.69) is 17.3 Å². The average molecular weight is 354 g/mol. The van der Waals surface area contributed by atoms with Crippen LogP contribution in [0.5, 0.6) is 0 Å². The van der Waals surface area contributed by atoms with Crippen LogP contribution in [0.3, 0.4) is 0 Å². The fourth-order valence-electron chi connectivity index (χ4n) is 4.36. The maximum atomic E-state index is 12.6. The van der Waals surface area contributed by atoms with Crippen molar-refractivity contribution < 1.29 is 9.59 Å². The van der Waals surface area contributed by atoms with Gasteiger partial charge in [-0.1, -0.05) is 31.0 Å². The van der Waals surface area contributed by atoms with Crippen LogP contribution in [0.4, 0.5) is 0 Å². The van der Waals surface area contributed by atoms with Crippen molar-refractivity contribution in [3.63, 3.8) is 0 Å². The average Bonchev–Trinajstić information content (AvgIpc) is 3.38. The highest BCUT2D eigenvalue weighted by molar-refractivity contribution is 5.89. The Morgan fingerprint density at radius 2 is 2.04 bits per heavy atom. The summed E-state index contributed by atoms with van der Waals surface area (Å²) in [6.07, 6.45) is 4.89. The molecule has 1 saturated carbocycles. The monoisotopic (exact) mass is 354 g/mol. The molecule has 1 unspecified atom stereocenters. The summed E-state index contributed by atoms with van der Waals surface area (Å²) in [4.78, 5) is 26.9. The zero-order chi connectivity index (χ0) is 18.1. The summed E-state index contributed by atoms with van der Waals surface area (Å²) < 4.78 is 1.96. The van der Waals surface area contributed by atoms with Gasteiger partial charge >= 0.3 is 0 Å². The lowest BCUT2D eigenvalue weighted by Gasteiger charge is -2.23. The number of para-hydroxylation sites is 1. The molecule has 0 radical (unpaired) electrons. The second-order valence-electron chi connectivity index (χ2n) is 7.38. The SMILES string of the molecule is CCn1nc(CNC(=O)C2CC(=O)N(C3CCCC3)C2)c2ccccc21. The second-order valence-corrected chi connectivity index (χ2v) is 7.38. The van der Waals surface area contributed by atoms with Gasteiger partial charge in [-0.25, -0.2) is 0 Å². The van der Waals surface area contributed by atoms with Crippen LogP contribution < -0.4 is 5.32 Å². The molecule has 1 N–H and O–H groups in total. The number of nitrogens with one attached hydrogen (secondary N) is 1. The molecule has 6 heteroatoms. The standard InChI is InChI=1S/C20H26N4O2/c1-2-24-18-10-6-5-9-16(18)17(22-24)12-21-20(26)14-11-19(25)23(13-14)15-7-3-4-8-15/h5-6,9-10,14-15H,2-4,7-8,11-13H2,1H3,(H,21,26). The molecule has 2 amide bonds. The number of likely N-dealkylation sites (tertiary alicyclic amines) is 1. The van der Waals surface area contributed by atoms with Gasteiger partial charge in [0.25, 0.3) is 0 Å². The molecule has 2 aromatic rings. The maximum absolute atomic E-state index is 12.6. The van der Waals surface area contributed by atoms with Gasteiger partial charge in [0.15, 0.2) is 0 Å². The topological polar surface area (TPSA) is 67.2 Å². The largest absolute Gasteiger partial charge is 0.350 e. The van der Waals surface area contributed by atoms with Crippen LogP contribution in [0.15, 0.2) is 24.3 Å². The van der Waals surface area contributed by atoms with Crippen molar-refractivity contribution >= 4 is 22.7 Å². The molecule has 0 bridgehead atoms.